The normalized spacial score (nSPS) is 10.3. The van der Waals surface area contributed by atoms with Gasteiger partial charge in [-0.2, -0.15) is 5.10 Å². The summed E-state index contributed by atoms with van der Waals surface area (Å²) in [5.41, 5.74) is 0.828. The van der Waals surface area contributed by atoms with Gasteiger partial charge in [0.25, 0.3) is 5.69 Å². The Morgan fingerprint density at radius 1 is 1.50 bits per heavy atom. The van der Waals surface area contributed by atoms with Gasteiger partial charge in [0, 0.05) is 18.7 Å². The van der Waals surface area contributed by atoms with Crippen LogP contribution < -0.4 is 4.74 Å². The summed E-state index contributed by atoms with van der Waals surface area (Å²) in [6.07, 6.45) is 3.41. The second kappa shape index (κ2) is 5.31. The minimum absolute atomic E-state index is 0.0698. The number of hydrogen-bond donors (Lipinski definition) is 0. The third-order valence-corrected chi connectivity index (χ3v) is 2.46. The van der Waals surface area contributed by atoms with E-state index in [2.05, 4.69) is 5.10 Å². The van der Waals surface area contributed by atoms with Crippen LogP contribution in [0.4, 0.5) is 5.69 Å². The van der Waals surface area contributed by atoms with Crippen LogP contribution >= 0.6 is 0 Å². The molecule has 0 unspecified atom stereocenters. The van der Waals surface area contributed by atoms with Crippen LogP contribution in [0.2, 0.25) is 0 Å². The van der Waals surface area contributed by atoms with E-state index in [0.717, 1.165) is 12.1 Å². The molecule has 1 aromatic heterocycles. The van der Waals surface area contributed by atoms with Crippen LogP contribution in [0.5, 0.6) is 5.75 Å². The highest BCUT2D eigenvalue weighted by molar-refractivity contribution is 5.34. The van der Waals surface area contributed by atoms with Crippen molar-refractivity contribution < 1.29 is 9.66 Å². The second-order valence-corrected chi connectivity index (χ2v) is 3.75. The molecular formula is C12H13N3O3. The van der Waals surface area contributed by atoms with E-state index in [1.807, 2.05) is 6.92 Å². The molecule has 0 saturated carbocycles. The molecule has 6 nitrogen and oxygen atoms in total. The van der Waals surface area contributed by atoms with E-state index in [9.17, 15) is 10.1 Å². The molecule has 2 rings (SSSR count). The lowest BCUT2D eigenvalue weighted by Gasteiger charge is -2.03. The van der Waals surface area contributed by atoms with Crippen LogP contribution in [0.25, 0.3) is 0 Å². The SMILES string of the molecule is CCn1cc(OCc2cccc([N+](=O)[O-])c2)cn1. The summed E-state index contributed by atoms with van der Waals surface area (Å²) in [5.74, 6) is 0.656. The molecule has 0 saturated heterocycles. The van der Waals surface area contributed by atoms with Crippen molar-refractivity contribution in [3.05, 3.63) is 52.3 Å². The number of aromatic nitrogens is 2. The number of benzene rings is 1. The topological polar surface area (TPSA) is 70.2 Å². The molecule has 0 amide bonds. The monoisotopic (exact) mass is 247 g/mol. The molecule has 94 valence electrons. The fraction of sp³-hybridized carbons (Fsp3) is 0.250. The van der Waals surface area contributed by atoms with Crippen molar-refractivity contribution in [2.75, 3.05) is 0 Å². The molecule has 0 bridgehead atoms. The number of aryl methyl sites for hydroxylation is 1. The maximum atomic E-state index is 10.6. The number of nitro benzene ring substituents is 1. The lowest BCUT2D eigenvalue weighted by Crippen LogP contribution is -1.96. The van der Waals surface area contributed by atoms with Crippen molar-refractivity contribution in [1.29, 1.82) is 0 Å². The highest BCUT2D eigenvalue weighted by atomic mass is 16.6. The van der Waals surface area contributed by atoms with Gasteiger partial charge in [-0.3, -0.25) is 14.8 Å². The molecule has 0 aliphatic carbocycles. The van der Waals surface area contributed by atoms with Gasteiger partial charge in [-0.15, -0.1) is 0 Å². The summed E-state index contributed by atoms with van der Waals surface area (Å²) >= 11 is 0. The van der Waals surface area contributed by atoms with Gasteiger partial charge in [-0.25, -0.2) is 0 Å². The molecule has 0 atom stereocenters. The quantitative estimate of drug-likeness (QED) is 0.600. The average Bonchev–Trinajstić information content (AvgIpc) is 2.84. The third-order valence-electron chi connectivity index (χ3n) is 2.46. The number of hydrogen-bond acceptors (Lipinski definition) is 4. The van der Waals surface area contributed by atoms with Crippen molar-refractivity contribution in [3.63, 3.8) is 0 Å². The molecule has 6 heteroatoms. The lowest BCUT2D eigenvalue weighted by molar-refractivity contribution is -0.384. The molecule has 1 aromatic carbocycles. The summed E-state index contributed by atoms with van der Waals surface area (Å²) in [4.78, 5) is 10.2. The smallest absolute Gasteiger partial charge is 0.269 e. The van der Waals surface area contributed by atoms with Crippen LogP contribution in [-0.4, -0.2) is 14.7 Å². The first-order valence-corrected chi connectivity index (χ1v) is 5.57. The lowest BCUT2D eigenvalue weighted by atomic mass is 10.2. The van der Waals surface area contributed by atoms with E-state index in [4.69, 9.17) is 4.74 Å². The van der Waals surface area contributed by atoms with E-state index in [0.29, 0.717) is 5.75 Å². The Hall–Kier alpha value is -2.37. The first-order valence-electron chi connectivity index (χ1n) is 5.57. The largest absolute Gasteiger partial charge is 0.486 e. The molecule has 18 heavy (non-hydrogen) atoms. The predicted molar refractivity (Wildman–Crippen MR) is 65.3 cm³/mol. The Kier molecular flexibility index (Phi) is 3.57. The molecule has 0 radical (unpaired) electrons. The Morgan fingerprint density at radius 2 is 2.33 bits per heavy atom. The van der Waals surface area contributed by atoms with Crippen molar-refractivity contribution >= 4 is 5.69 Å². The Balaban J connectivity index is 2.01. The number of ether oxygens (including phenoxy) is 1. The van der Waals surface area contributed by atoms with Crippen LogP contribution in [0.15, 0.2) is 36.7 Å². The maximum Gasteiger partial charge on any atom is 0.269 e. The zero-order chi connectivity index (χ0) is 13.0. The third kappa shape index (κ3) is 2.85. The summed E-state index contributed by atoms with van der Waals surface area (Å²) in [6, 6.07) is 6.40. The minimum Gasteiger partial charge on any atom is -0.486 e. The van der Waals surface area contributed by atoms with Crippen molar-refractivity contribution in [2.24, 2.45) is 0 Å². The zero-order valence-electron chi connectivity index (χ0n) is 9.94. The first kappa shape index (κ1) is 12.1. The highest BCUT2D eigenvalue weighted by Crippen LogP contribution is 2.16. The zero-order valence-corrected chi connectivity index (χ0v) is 9.94. The standard InChI is InChI=1S/C12H13N3O3/c1-2-14-8-12(7-13-14)18-9-10-4-3-5-11(6-10)15(16)17/h3-8H,2,9H2,1H3. The van der Waals surface area contributed by atoms with Gasteiger partial charge >= 0.3 is 0 Å². The predicted octanol–water partition coefficient (Wildman–Crippen LogP) is 2.39. The van der Waals surface area contributed by atoms with Crippen molar-refractivity contribution in [1.82, 2.24) is 9.78 Å². The number of rotatable bonds is 5. The Bertz CT molecular complexity index is 551. The molecular weight excluding hydrogens is 234 g/mol. The van der Waals surface area contributed by atoms with E-state index < -0.39 is 4.92 Å². The van der Waals surface area contributed by atoms with Crippen molar-refractivity contribution in [2.45, 2.75) is 20.1 Å². The second-order valence-electron chi connectivity index (χ2n) is 3.75. The first-order chi connectivity index (χ1) is 8.69. The maximum absolute atomic E-state index is 10.6. The minimum atomic E-state index is -0.418. The van der Waals surface area contributed by atoms with E-state index in [-0.39, 0.29) is 12.3 Å². The molecule has 0 fully saturated rings. The van der Waals surface area contributed by atoms with Gasteiger partial charge in [0.05, 0.1) is 17.3 Å². The van der Waals surface area contributed by atoms with E-state index in [1.165, 1.54) is 12.1 Å². The Morgan fingerprint density at radius 3 is 3.00 bits per heavy atom. The fourth-order valence-corrected chi connectivity index (χ4v) is 1.52. The van der Waals surface area contributed by atoms with Gasteiger partial charge in [-0.05, 0) is 12.5 Å². The summed E-state index contributed by atoms with van der Waals surface area (Å²) in [6.45, 7) is 3.05. The number of non-ortho nitro benzene ring substituents is 1. The average molecular weight is 247 g/mol. The number of nitro groups is 1. The van der Waals surface area contributed by atoms with Gasteiger partial charge in [0.1, 0.15) is 6.61 Å². The van der Waals surface area contributed by atoms with Crippen LogP contribution in [0.1, 0.15) is 12.5 Å². The van der Waals surface area contributed by atoms with E-state index in [1.54, 1.807) is 29.2 Å². The summed E-state index contributed by atoms with van der Waals surface area (Å²) in [5, 5.41) is 14.7. The molecule has 0 spiro atoms. The molecule has 1 heterocycles. The molecule has 0 aliphatic heterocycles. The van der Waals surface area contributed by atoms with Crippen LogP contribution in [0.3, 0.4) is 0 Å². The van der Waals surface area contributed by atoms with Crippen LogP contribution in [-0.2, 0) is 13.2 Å². The highest BCUT2D eigenvalue weighted by Gasteiger charge is 2.06. The van der Waals surface area contributed by atoms with E-state index >= 15 is 0 Å². The van der Waals surface area contributed by atoms with Crippen molar-refractivity contribution in [3.8, 4) is 5.75 Å². The van der Waals surface area contributed by atoms with Gasteiger partial charge in [-0.1, -0.05) is 12.1 Å². The Labute approximate surface area is 104 Å². The molecule has 0 N–H and O–H groups in total. The fourth-order valence-electron chi connectivity index (χ4n) is 1.52. The summed E-state index contributed by atoms with van der Waals surface area (Å²) < 4.78 is 7.26. The molecule has 2 aromatic rings. The molecule has 0 aliphatic rings. The number of nitrogens with zero attached hydrogens (tertiary/aromatic N) is 3. The van der Waals surface area contributed by atoms with Crippen LogP contribution in [0, 0.1) is 10.1 Å². The summed E-state index contributed by atoms with van der Waals surface area (Å²) in [7, 11) is 0. The van der Waals surface area contributed by atoms with Gasteiger partial charge in [0.2, 0.25) is 0 Å². The van der Waals surface area contributed by atoms with Gasteiger partial charge in [0.15, 0.2) is 5.75 Å². The van der Waals surface area contributed by atoms with Gasteiger partial charge < -0.3 is 4.74 Å².